The first-order valence-corrected chi connectivity index (χ1v) is 4.25. The van der Waals surface area contributed by atoms with E-state index in [1.54, 1.807) is 12.1 Å². The predicted octanol–water partition coefficient (Wildman–Crippen LogP) is 1.04. The molecular formula is C10H10O5. The van der Waals surface area contributed by atoms with E-state index < -0.39 is 24.3 Å². The molecule has 0 amide bonds. The average Bonchev–Trinajstić information content (AvgIpc) is 2.15. The minimum Gasteiger partial charge on any atom is -0.508 e. The van der Waals surface area contributed by atoms with Crippen molar-refractivity contribution in [1.29, 1.82) is 0 Å². The van der Waals surface area contributed by atoms with Gasteiger partial charge in [-0.3, -0.25) is 9.59 Å². The molecule has 0 heterocycles. The van der Waals surface area contributed by atoms with E-state index in [0.717, 1.165) is 0 Å². The highest BCUT2D eigenvalue weighted by Gasteiger charge is 2.25. The lowest BCUT2D eigenvalue weighted by Crippen LogP contribution is -2.15. The highest BCUT2D eigenvalue weighted by molar-refractivity contribution is 5.83. The van der Waals surface area contributed by atoms with Crippen LogP contribution >= 0.6 is 0 Å². The average molecular weight is 210 g/mol. The van der Waals surface area contributed by atoms with Crippen molar-refractivity contribution >= 4 is 11.9 Å². The molecule has 0 aliphatic carbocycles. The Morgan fingerprint density at radius 1 is 1.20 bits per heavy atom. The third kappa shape index (κ3) is 2.70. The number of hydrogen-bond acceptors (Lipinski definition) is 3. The van der Waals surface area contributed by atoms with E-state index >= 15 is 0 Å². The van der Waals surface area contributed by atoms with Crippen molar-refractivity contribution in [2.75, 3.05) is 0 Å². The summed E-state index contributed by atoms with van der Waals surface area (Å²) in [6.45, 7) is 0. The van der Waals surface area contributed by atoms with Crippen LogP contribution in [0.3, 0.4) is 0 Å². The maximum atomic E-state index is 10.8. The summed E-state index contributed by atoms with van der Waals surface area (Å²) < 4.78 is 0. The summed E-state index contributed by atoms with van der Waals surface area (Å²) in [5, 5.41) is 26.8. The Bertz CT molecular complexity index is 385. The van der Waals surface area contributed by atoms with E-state index in [1.165, 1.54) is 12.1 Å². The fraction of sp³-hybridized carbons (Fsp3) is 0.200. The van der Waals surface area contributed by atoms with Crippen molar-refractivity contribution < 1.29 is 24.9 Å². The SMILES string of the molecule is O=C(O)C[C@H](C(=O)O)c1ccccc1O. The van der Waals surface area contributed by atoms with Crippen LogP contribution in [0, 0.1) is 0 Å². The molecular weight excluding hydrogens is 200 g/mol. The number of carbonyl (C=O) groups is 2. The van der Waals surface area contributed by atoms with E-state index in [4.69, 9.17) is 10.2 Å². The zero-order valence-electron chi connectivity index (χ0n) is 7.75. The van der Waals surface area contributed by atoms with Crippen LogP contribution < -0.4 is 0 Å². The number of aromatic hydroxyl groups is 1. The molecule has 1 rings (SSSR count). The molecule has 0 fully saturated rings. The molecule has 3 N–H and O–H groups in total. The third-order valence-corrected chi connectivity index (χ3v) is 1.99. The number of aliphatic carboxylic acids is 2. The standard InChI is InChI=1S/C10H10O5/c11-8-4-2-1-3-6(8)7(10(14)15)5-9(12)13/h1-4,7,11H,5H2,(H,12,13)(H,14,15)/t7-/m0/s1. The van der Waals surface area contributed by atoms with Crippen LogP contribution in [0.1, 0.15) is 17.9 Å². The molecule has 0 aliphatic rings. The summed E-state index contributed by atoms with van der Waals surface area (Å²) >= 11 is 0. The monoisotopic (exact) mass is 210 g/mol. The van der Waals surface area contributed by atoms with Crippen molar-refractivity contribution in [2.24, 2.45) is 0 Å². The van der Waals surface area contributed by atoms with Crippen LogP contribution in [-0.4, -0.2) is 27.3 Å². The minimum absolute atomic E-state index is 0.118. The summed E-state index contributed by atoms with van der Waals surface area (Å²) in [7, 11) is 0. The molecule has 5 heteroatoms. The van der Waals surface area contributed by atoms with Crippen molar-refractivity contribution in [3.63, 3.8) is 0 Å². The maximum absolute atomic E-state index is 10.8. The zero-order chi connectivity index (χ0) is 11.4. The second kappa shape index (κ2) is 4.45. The van der Waals surface area contributed by atoms with Gasteiger partial charge in [-0.25, -0.2) is 0 Å². The lowest BCUT2D eigenvalue weighted by atomic mass is 9.95. The summed E-state index contributed by atoms with van der Waals surface area (Å²) in [4.78, 5) is 21.3. The number of rotatable bonds is 4. The van der Waals surface area contributed by atoms with Gasteiger partial charge >= 0.3 is 11.9 Å². The second-order valence-corrected chi connectivity index (χ2v) is 3.05. The van der Waals surface area contributed by atoms with Crippen LogP contribution in [0.5, 0.6) is 5.75 Å². The number of para-hydroxylation sites is 1. The van der Waals surface area contributed by atoms with Gasteiger partial charge in [-0.05, 0) is 6.07 Å². The summed E-state index contributed by atoms with van der Waals surface area (Å²) in [5.41, 5.74) is 0.118. The molecule has 80 valence electrons. The van der Waals surface area contributed by atoms with Gasteiger partial charge in [0.25, 0.3) is 0 Å². The fourth-order valence-electron chi connectivity index (χ4n) is 1.29. The Balaban J connectivity index is 3.04. The van der Waals surface area contributed by atoms with Crippen molar-refractivity contribution in [3.8, 4) is 5.75 Å². The largest absolute Gasteiger partial charge is 0.508 e. The molecule has 15 heavy (non-hydrogen) atoms. The predicted molar refractivity (Wildman–Crippen MR) is 50.7 cm³/mol. The molecule has 0 radical (unpaired) electrons. The van der Waals surface area contributed by atoms with Gasteiger partial charge in [0.05, 0.1) is 12.3 Å². The van der Waals surface area contributed by atoms with Crippen molar-refractivity contribution in [3.05, 3.63) is 29.8 Å². The van der Waals surface area contributed by atoms with Crippen molar-refractivity contribution in [2.45, 2.75) is 12.3 Å². The normalized spacial score (nSPS) is 12.0. The molecule has 1 aromatic carbocycles. The second-order valence-electron chi connectivity index (χ2n) is 3.05. The first kappa shape index (κ1) is 11.0. The summed E-state index contributed by atoms with van der Waals surface area (Å²) in [6, 6.07) is 5.82. The molecule has 1 aromatic rings. The number of carboxylic acids is 2. The molecule has 0 bridgehead atoms. The molecule has 5 nitrogen and oxygen atoms in total. The van der Waals surface area contributed by atoms with Gasteiger partial charge in [0, 0.05) is 5.56 Å². The number of hydrogen-bond donors (Lipinski definition) is 3. The van der Waals surface area contributed by atoms with Gasteiger partial charge in [-0.1, -0.05) is 18.2 Å². The zero-order valence-corrected chi connectivity index (χ0v) is 7.75. The molecule has 1 atom stereocenters. The van der Waals surface area contributed by atoms with Gasteiger partial charge in [0.15, 0.2) is 0 Å². The van der Waals surface area contributed by atoms with E-state index in [9.17, 15) is 14.7 Å². The van der Waals surface area contributed by atoms with Crippen LogP contribution in [0.15, 0.2) is 24.3 Å². The molecule has 0 unspecified atom stereocenters. The summed E-state index contributed by atoms with van der Waals surface area (Å²) in [5.74, 6) is -3.90. The van der Waals surface area contributed by atoms with Gasteiger partial charge < -0.3 is 15.3 Å². The van der Waals surface area contributed by atoms with Crippen LogP contribution in [0.4, 0.5) is 0 Å². The van der Waals surface area contributed by atoms with E-state index in [0.29, 0.717) is 0 Å². The van der Waals surface area contributed by atoms with Crippen LogP contribution in [0.2, 0.25) is 0 Å². The Kier molecular flexibility index (Phi) is 3.28. The first-order chi connectivity index (χ1) is 7.02. The lowest BCUT2D eigenvalue weighted by Gasteiger charge is -2.11. The van der Waals surface area contributed by atoms with E-state index in [1.807, 2.05) is 0 Å². The Hall–Kier alpha value is -2.04. The first-order valence-electron chi connectivity index (χ1n) is 4.25. The number of phenolic OH excluding ortho intramolecular Hbond substituents is 1. The highest BCUT2D eigenvalue weighted by atomic mass is 16.4. The molecule has 0 aromatic heterocycles. The van der Waals surface area contributed by atoms with Crippen LogP contribution in [-0.2, 0) is 9.59 Å². The Morgan fingerprint density at radius 2 is 1.80 bits per heavy atom. The minimum atomic E-state index is -1.26. The number of phenols is 1. The highest BCUT2D eigenvalue weighted by Crippen LogP contribution is 2.28. The fourth-order valence-corrected chi connectivity index (χ4v) is 1.29. The maximum Gasteiger partial charge on any atom is 0.311 e. The third-order valence-electron chi connectivity index (χ3n) is 1.99. The van der Waals surface area contributed by atoms with Gasteiger partial charge in [-0.2, -0.15) is 0 Å². The topological polar surface area (TPSA) is 94.8 Å². The Labute approximate surface area is 85.6 Å². The lowest BCUT2D eigenvalue weighted by molar-refractivity contribution is -0.145. The van der Waals surface area contributed by atoms with E-state index in [-0.39, 0.29) is 11.3 Å². The molecule has 0 spiro atoms. The quantitative estimate of drug-likeness (QED) is 0.690. The van der Waals surface area contributed by atoms with E-state index in [2.05, 4.69) is 0 Å². The van der Waals surface area contributed by atoms with Gasteiger partial charge in [0.1, 0.15) is 5.75 Å². The summed E-state index contributed by atoms with van der Waals surface area (Å²) in [6.07, 6.45) is -0.549. The number of carboxylic acid groups (broad SMARTS) is 2. The smallest absolute Gasteiger partial charge is 0.311 e. The molecule has 0 saturated heterocycles. The van der Waals surface area contributed by atoms with Gasteiger partial charge in [0.2, 0.25) is 0 Å². The van der Waals surface area contributed by atoms with Crippen molar-refractivity contribution in [1.82, 2.24) is 0 Å². The van der Waals surface area contributed by atoms with Crippen LogP contribution in [0.25, 0.3) is 0 Å². The van der Waals surface area contributed by atoms with Gasteiger partial charge in [-0.15, -0.1) is 0 Å². The molecule has 0 aliphatic heterocycles. The Morgan fingerprint density at radius 3 is 2.27 bits per heavy atom. The molecule has 0 saturated carbocycles. The number of benzene rings is 1.